The Morgan fingerprint density at radius 3 is 1.00 bits per heavy atom. The SMILES string of the molecule is [AlH3].[Cr].[Nb].[Ti]. The first-order valence-electron chi connectivity index (χ1n) is 0. The first kappa shape index (κ1) is 31.3. The van der Waals surface area contributed by atoms with Gasteiger partial charge in [0.25, 0.3) is 0 Å². The Morgan fingerprint density at radius 2 is 1.00 bits per heavy atom. The van der Waals surface area contributed by atoms with Crippen molar-refractivity contribution in [2.45, 2.75) is 0 Å². The molecule has 21 valence electrons. The maximum atomic E-state index is 0. The predicted molar refractivity (Wildman–Crippen MR) is 9.94 cm³/mol. The first-order chi connectivity index (χ1) is 0. The molecule has 0 N–H and O–H groups in total. The number of hydrogen-bond donors (Lipinski definition) is 0. The first-order valence-corrected chi connectivity index (χ1v) is 0. The molecule has 0 atom stereocenters. The normalized spacial score (nSPS) is 0. The molecule has 4 heteroatoms. The van der Waals surface area contributed by atoms with E-state index in [0.29, 0.717) is 0 Å². The van der Waals surface area contributed by atoms with Crippen LogP contribution in [-0.2, 0) is 61.5 Å². The summed E-state index contributed by atoms with van der Waals surface area (Å²) in [6.45, 7) is 0. The zero-order valence-electron chi connectivity index (χ0n) is 1.36. The van der Waals surface area contributed by atoms with Crippen LogP contribution in [-0.4, -0.2) is 17.4 Å². The van der Waals surface area contributed by atoms with E-state index in [1.807, 2.05) is 0 Å². The van der Waals surface area contributed by atoms with E-state index < -0.39 is 0 Å². The van der Waals surface area contributed by atoms with E-state index in [1.54, 1.807) is 0 Å². The molecule has 0 aromatic rings. The van der Waals surface area contributed by atoms with Gasteiger partial charge in [-0.25, -0.2) is 0 Å². The molecule has 0 aromatic carbocycles. The van der Waals surface area contributed by atoms with Gasteiger partial charge < -0.3 is 0 Å². The van der Waals surface area contributed by atoms with Crippen molar-refractivity contribution in [2.75, 3.05) is 0 Å². The Labute approximate surface area is 77.8 Å². The zero-order chi connectivity index (χ0) is 0. The van der Waals surface area contributed by atoms with Gasteiger partial charge in [-0.2, -0.15) is 0 Å². The summed E-state index contributed by atoms with van der Waals surface area (Å²) in [4.78, 5) is 0. The summed E-state index contributed by atoms with van der Waals surface area (Å²) < 4.78 is 0. The molecule has 0 spiro atoms. The average Bonchev–Trinajstić information content (AvgIpc) is 0. The molecule has 0 rings (SSSR count). The summed E-state index contributed by atoms with van der Waals surface area (Å²) in [6.07, 6.45) is 0. The fourth-order valence-electron chi connectivity index (χ4n) is 0. The summed E-state index contributed by atoms with van der Waals surface area (Å²) in [5.41, 5.74) is 0. The van der Waals surface area contributed by atoms with Gasteiger partial charge in [0, 0.05) is 61.5 Å². The number of hydrogen-bond acceptors (Lipinski definition) is 0. The largest absolute Gasteiger partial charge is 0.187 e. The van der Waals surface area contributed by atoms with Crippen LogP contribution in [0.5, 0.6) is 0 Å². The third-order valence-electron chi connectivity index (χ3n) is 0. The van der Waals surface area contributed by atoms with E-state index in [1.165, 1.54) is 0 Å². The van der Waals surface area contributed by atoms with Crippen LogP contribution in [0.4, 0.5) is 0 Å². The molecule has 0 aromatic heterocycles. The van der Waals surface area contributed by atoms with Crippen molar-refractivity contribution in [3.8, 4) is 0 Å². The van der Waals surface area contributed by atoms with Crippen molar-refractivity contribution >= 4 is 17.4 Å². The fraction of sp³-hybridized carbons (Fsp3) is 0. The van der Waals surface area contributed by atoms with E-state index >= 15 is 0 Å². The van der Waals surface area contributed by atoms with E-state index in [2.05, 4.69) is 0 Å². The third kappa shape index (κ3) is 8.82. The Morgan fingerprint density at radius 1 is 1.00 bits per heavy atom. The number of rotatable bonds is 0. The van der Waals surface area contributed by atoms with Crippen molar-refractivity contribution < 1.29 is 61.5 Å². The molecule has 0 aliphatic heterocycles. The molecule has 0 aliphatic rings. The van der Waals surface area contributed by atoms with Gasteiger partial charge >= 0.3 is 0 Å². The maximum absolute atomic E-state index is 0. The minimum absolute atomic E-state index is 0. The van der Waals surface area contributed by atoms with Gasteiger partial charge in [-0.3, -0.25) is 0 Å². The van der Waals surface area contributed by atoms with Crippen LogP contribution in [0.25, 0.3) is 0 Å². The Bertz CT molecular complexity index is 8.00. The summed E-state index contributed by atoms with van der Waals surface area (Å²) >= 11 is 0. The van der Waals surface area contributed by atoms with Crippen LogP contribution >= 0.6 is 0 Å². The van der Waals surface area contributed by atoms with Crippen LogP contribution in [0.1, 0.15) is 0 Å². The summed E-state index contributed by atoms with van der Waals surface area (Å²) in [5, 5.41) is 0. The molecule has 1 radical (unpaired) electrons. The summed E-state index contributed by atoms with van der Waals surface area (Å²) in [7, 11) is 0. The van der Waals surface area contributed by atoms with Gasteiger partial charge in [-0.15, -0.1) is 0 Å². The molecule has 0 saturated heterocycles. The molecule has 0 saturated carbocycles. The fourth-order valence-corrected chi connectivity index (χ4v) is 0. The smallest absolute Gasteiger partial charge is 0 e. The maximum Gasteiger partial charge on any atom is 0.187 e. The van der Waals surface area contributed by atoms with Gasteiger partial charge in [0.05, 0.1) is 0 Å². The zero-order valence-corrected chi connectivity index (χ0v) is 6.39. The summed E-state index contributed by atoms with van der Waals surface area (Å²) in [6, 6.07) is 0. The van der Waals surface area contributed by atoms with E-state index in [4.69, 9.17) is 0 Å². The molecule has 0 unspecified atom stereocenters. The second-order valence-electron chi connectivity index (χ2n) is 0. The van der Waals surface area contributed by atoms with Crippen LogP contribution in [0.2, 0.25) is 0 Å². The molecule has 4 heavy (non-hydrogen) atoms. The van der Waals surface area contributed by atoms with Crippen LogP contribution in [0, 0.1) is 0 Å². The topological polar surface area (TPSA) is 0 Å². The molecule has 0 fully saturated rings. The summed E-state index contributed by atoms with van der Waals surface area (Å²) in [5.74, 6) is 0. The van der Waals surface area contributed by atoms with Crippen molar-refractivity contribution in [2.24, 2.45) is 0 Å². The average molecular weight is 223 g/mol. The van der Waals surface area contributed by atoms with Gasteiger partial charge in [0.15, 0.2) is 17.4 Å². The standard InChI is InChI=1S/Al.Cr.Nb.Ti.3H. The van der Waals surface area contributed by atoms with E-state index in [9.17, 15) is 0 Å². The molecular weight excluding hydrogens is 220 g/mol. The van der Waals surface area contributed by atoms with Crippen molar-refractivity contribution in [3.05, 3.63) is 0 Å². The molecule has 0 aliphatic carbocycles. The third-order valence-corrected chi connectivity index (χ3v) is 0. The van der Waals surface area contributed by atoms with Gasteiger partial charge in [-0.05, 0) is 0 Å². The minimum Gasteiger partial charge on any atom is 0 e. The minimum atomic E-state index is 0. The Hall–Kier alpha value is 2.52. The Kier molecular flexibility index (Phi) is 139. The van der Waals surface area contributed by atoms with E-state index in [-0.39, 0.29) is 78.8 Å². The predicted octanol–water partition coefficient (Wildman–Crippen LogP) is -1.19. The van der Waals surface area contributed by atoms with Crippen LogP contribution < -0.4 is 0 Å². The van der Waals surface area contributed by atoms with Gasteiger partial charge in [0.1, 0.15) is 0 Å². The Balaban J connectivity index is 0. The molecule has 0 bridgehead atoms. The van der Waals surface area contributed by atoms with Crippen LogP contribution in [0.15, 0.2) is 0 Å². The second kappa shape index (κ2) is 17.8. The van der Waals surface area contributed by atoms with Gasteiger partial charge in [-0.1, -0.05) is 0 Å². The quantitative estimate of drug-likeness (QED) is 0.453. The second-order valence-corrected chi connectivity index (χ2v) is 0. The molecule has 0 heterocycles. The molecular formula is H3AlCrNbTi. The van der Waals surface area contributed by atoms with Crippen molar-refractivity contribution in [1.82, 2.24) is 0 Å². The van der Waals surface area contributed by atoms with E-state index in [0.717, 1.165) is 0 Å². The van der Waals surface area contributed by atoms with Crippen molar-refractivity contribution in [3.63, 3.8) is 0 Å². The van der Waals surface area contributed by atoms with Gasteiger partial charge in [0.2, 0.25) is 0 Å². The molecule has 0 amide bonds. The van der Waals surface area contributed by atoms with Crippen LogP contribution in [0.3, 0.4) is 0 Å². The molecule has 0 nitrogen and oxygen atoms in total. The monoisotopic (exact) mass is 223 g/mol. The van der Waals surface area contributed by atoms with Crippen molar-refractivity contribution in [1.29, 1.82) is 0 Å².